The maximum atomic E-state index is 12.5. The van der Waals surface area contributed by atoms with Gasteiger partial charge >= 0.3 is 0 Å². The average molecular weight is 311 g/mol. The predicted molar refractivity (Wildman–Crippen MR) is 89.8 cm³/mol. The maximum Gasteiger partial charge on any atom is 0.240 e. The largest absolute Gasteiger partial charge is 0.348 e. The number of imidazole rings is 1. The minimum absolute atomic E-state index is 0.0525. The molecule has 22 heavy (non-hydrogen) atoms. The monoisotopic (exact) mass is 311 g/mol. The maximum absolute atomic E-state index is 12.5. The number of para-hydroxylation sites is 2. The number of rotatable bonds is 4. The normalized spacial score (nSPS) is 12.3. The van der Waals surface area contributed by atoms with Crippen LogP contribution in [0.4, 0.5) is 0 Å². The van der Waals surface area contributed by atoms with Crippen LogP contribution in [0.15, 0.2) is 59.8 Å². The molecule has 0 unspecified atom stereocenters. The molecular weight excluding hydrogens is 294 g/mol. The van der Waals surface area contributed by atoms with Crippen LogP contribution in [0.5, 0.6) is 0 Å². The van der Waals surface area contributed by atoms with Gasteiger partial charge in [-0.2, -0.15) is 0 Å². The van der Waals surface area contributed by atoms with Crippen LogP contribution < -0.4 is 0 Å². The van der Waals surface area contributed by atoms with E-state index in [1.165, 1.54) is 11.8 Å². The second-order valence-electron chi connectivity index (χ2n) is 5.20. The molecular formula is C17H17N3OS. The Morgan fingerprint density at radius 3 is 2.45 bits per heavy atom. The molecule has 112 valence electrons. The Labute approximate surface area is 133 Å². The second-order valence-corrected chi connectivity index (χ2v) is 6.29. The zero-order chi connectivity index (χ0) is 15.5. The number of aromatic nitrogens is 2. The molecule has 0 bridgehead atoms. The van der Waals surface area contributed by atoms with Crippen molar-refractivity contribution in [3.05, 3.63) is 60.2 Å². The SMILES string of the molecule is CN(C)C(=O)[C@H](Sc1nc2ccccc2[nH]1)c1ccccc1. The summed E-state index contributed by atoms with van der Waals surface area (Å²) in [5.41, 5.74) is 2.87. The molecule has 0 spiro atoms. The topological polar surface area (TPSA) is 49.0 Å². The molecule has 0 fully saturated rings. The first-order valence-corrected chi connectivity index (χ1v) is 7.90. The first kappa shape index (κ1) is 14.7. The molecule has 4 nitrogen and oxygen atoms in total. The highest BCUT2D eigenvalue weighted by atomic mass is 32.2. The lowest BCUT2D eigenvalue weighted by Crippen LogP contribution is -2.26. The van der Waals surface area contributed by atoms with Gasteiger partial charge in [0.25, 0.3) is 0 Å². The number of thioether (sulfide) groups is 1. The van der Waals surface area contributed by atoms with Crippen molar-refractivity contribution in [1.29, 1.82) is 0 Å². The molecule has 0 saturated heterocycles. The van der Waals surface area contributed by atoms with Gasteiger partial charge in [-0.05, 0) is 17.7 Å². The number of nitrogens with one attached hydrogen (secondary N) is 1. The van der Waals surface area contributed by atoms with Crippen molar-refractivity contribution in [2.45, 2.75) is 10.4 Å². The van der Waals surface area contributed by atoms with E-state index in [0.29, 0.717) is 0 Å². The van der Waals surface area contributed by atoms with E-state index in [4.69, 9.17) is 0 Å². The quantitative estimate of drug-likeness (QED) is 0.750. The van der Waals surface area contributed by atoms with E-state index in [1.54, 1.807) is 19.0 Å². The number of carbonyl (C=O) groups is 1. The van der Waals surface area contributed by atoms with Crippen molar-refractivity contribution in [2.24, 2.45) is 0 Å². The van der Waals surface area contributed by atoms with Crippen molar-refractivity contribution in [3.63, 3.8) is 0 Å². The molecule has 5 heteroatoms. The Morgan fingerprint density at radius 1 is 1.09 bits per heavy atom. The van der Waals surface area contributed by atoms with E-state index in [0.717, 1.165) is 21.8 Å². The number of nitrogens with zero attached hydrogens (tertiary/aromatic N) is 2. The van der Waals surface area contributed by atoms with E-state index >= 15 is 0 Å². The van der Waals surface area contributed by atoms with Gasteiger partial charge in [0.15, 0.2) is 5.16 Å². The fourth-order valence-corrected chi connectivity index (χ4v) is 3.37. The van der Waals surface area contributed by atoms with Gasteiger partial charge in [-0.1, -0.05) is 54.2 Å². The van der Waals surface area contributed by atoms with Crippen LogP contribution in [0.25, 0.3) is 11.0 Å². The van der Waals surface area contributed by atoms with Gasteiger partial charge in [-0.3, -0.25) is 4.79 Å². The van der Waals surface area contributed by atoms with Crippen LogP contribution in [-0.4, -0.2) is 34.9 Å². The summed E-state index contributed by atoms with van der Waals surface area (Å²) in [5, 5.41) is 0.446. The van der Waals surface area contributed by atoms with Gasteiger partial charge in [0, 0.05) is 14.1 Å². The number of hydrogen-bond donors (Lipinski definition) is 1. The fourth-order valence-electron chi connectivity index (χ4n) is 2.22. The highest BCUT2D eigenvalue weighted by Gasteiger charge is 2.24. The molecule has 1 N–H and O–H groups in total. The highest BCUT2D eigenvalue weighted by Crippen LogP contribution is 2.35. The number of carbonyl (C=O) groups excluding carboxylic acids is 1. The lowest BCUT2D eigenvalue weighted by molar-refractivity contribution is -0.128. The molecule has 3 aromatic rings. The van der Waals surface area contributed by atoms with Crippen LogP contribution >= 0.6 is 11.8 Å². The Kier molecular flexibility index (Phi) is 4.15. The second kappa shape index (κ2) is 6.23. The summed E-state index contributed by atoms with van der Waals surface area (Å²) < 4.78 is 0. The third-order valence-corrected chi connectivity index (χ3v) is 4.49. The van der Waals surface area contributed by atoms with Gasteiger partial charge < -0.3 is 9.88 Å². The van der Waals surface area contributed by atoms with Gasteiger partial charge in [0.2, 0.25) is 5.91 Å². The Balaban J connectivity index is 1.94. The summed E-state index contributed by atoms with van der Waals surface area (Å²) in [6, 6.07) is 17.7. The number of benzene rings is 2. The summed E-state index contributed by atoms with van der Waals surface area (Å²) in [4.78, 5) is 22.0. The van der Waals surface area contributed by atoms with E-state index in [2.05, 4.69) is 9.97 Å². The smallest absolute Gasteiger partial charge is 0.240 e. The van der Waals surface area contributed by atoms with E-state index < -0.39 is 0 Å². The molecule has 0 aliphatic heterocycles. The van der Waals surface area contributed by atoms with Crippen molar-refractivity contribution < 1.29 is 4.79 Å². The molecule has 0 aliphatic carbocycles. The van der Waals surface area contributed by atoms with Crippen molar-refractivity contribution in [1.82, 2.24) is 14.9 Å². The lowest BCUT2D eigenvalue weighted by Gasteiger charge is -2.19. The van der Waals surface area contributed by atoms with E-state index in [-0.39, 0.29) is 11.2 Å². The van der Waals surface area contributed by atoms with Crippen molar-refractivity contribution in [3.8, 4) is 0 Å². The third-order valence-electron chi connectivity index (χ3n) is 3.36. The molecule has 2 aromatic carbocycles. The van der Waals surface area contributed by atoms with Crippen LogP contribution in [-0.2, 0) is 4.79 Å². The summed E-state index contributed by atoms with van der Waals surface area (Å²) in [7, 11) is 3.55. The number of amides is 1. The molecule has 1 heterocycles. The number of hydrogen-bond acceptors (Lipinski definition) is 3. The molecule has 1 aromatic heterocycles. The molecule has 0 saturated carbocycles. The Morgan fingerprint density at radius 2 is 1.77 bits per heavy atom. The lowest BCUT2D eigenvalue weighted by atomic mass is 10.1. The molecule has 1 amide bonds. The van der Waals surface area contributed by atoms with Crippen molar-refractivity contribution >= 4 is 28.7 Å². The molecule has 0 radical (unpaired) electrons. The number of fused-ring (bicyclic) bond motifs is 1. The summed E-state index contributed by atoms with van der Waals surface area (Å²) in [6.07, 6.45) is 0. The number of H-pyrrole nitrogens is 1. The number of likely N-dealkylation sites (N-methyl/N-ethyl adjacent to an activating group) is 1. The van der Waals surface area contributed by atoms with Gasteiger partial charge in [0.1, 0.15) is 5.25 Å². The number of aromatic amines is 1. The van der Waals surface area contributed by atoms with E-state index in [1.807, 2.05) is 54.6 Å². The van der Waals surface area contributed by atoms with E-state index in [9.17, 15) is 4.79 Å². The van der Waals surface area contributed by atoms with Gasteiger partial charge in [-0.15, -0.1) is 0 Å². The van der Waals surface area contributed by atoms with Gasteiger partial charge in [0.05, 0.1) is 11.0 Å². The predicted octanol–water partition coefficient (Wildman–Crippen LogP) is 3.48. The molecule has 0 aliphatic rings. The highest BCUT2D eigenvalue weighted by molar-refractivity contribution is 8.00. The zero-order valence-corrected chi connectivity index (χ0v) is 13.3. The zero-order valence-electron chi connectivity index (χ0n) is 12.5. The first-order chi connectivity index (χ1) is 10.6. The van der Waals surface area contributed by atoms with Crippen molar-refractivity contribution in [2.75, 3.05) is 14.1 Å². The van der Waals surface area contributed by atoms with Crippen LogP contribution in [0.2, 0.25) is 0 Å². The first-order valence-electron chi connectivity index (χ1n) is 7.02. The van der Waals surface area contributed by atoms with Gasteiger partial charge in [-0.25, -0.2) is 4.98 Å². The summed E-state index contributed by atoms with van der Waals surface area (Å²) >= 11 is 1.45. The van der Waals surface area contributed by atoms with Crippen LogP contribution in [0.1, 0.15) is 10.8 Å². The Hall–Kier alpha value is -2.27. The fraction of sp³-hybridized carbons (Fsp3) is 0.176. The average Bonchev–Trinajstić information content (AvgIpc) is 2.95. The third kappa shape index (κ3) is 2.99. The standard InChI is InChI=1S/C17H17N3OS/c1-20(2)16(21)15(12-8-4-3-5-9-12)22-17-18-13-10-6-7-11-14(13)19-17/h3-11,15H,1-2H3,(H,18,19)/t15-/m1/s1. The summed E-state index contributed by atoms with van der Waals surface area (Å²) in [6.45, 7) is 0. The minimum atomic E-state index is -0.309. The minimum Gasteiger partial charge on any atom is -0.348 e. The van der Waals surface area contributed by atoms with Crippen LogP contribution in [0.3, 0.4) is 0 Å². The van der Waals surface area contributed by atoms with Crippen LogP contribution in [0, 0.1) is 0 Å². The Bertz CT molecular complexity index is 750. The molecule has 1 atom stereocenters. The molecule has 3 rings (SSSR count). The summed E-state index contributed by atoms with van der Waals surface area (Å²) in [5.74, 6) is 0.0525.